The van der Waals surface area contributed by atoms with Gasteiger partial charge in [0.25, 0.3) is 5.91 Å². The number of aliphatic hydroxyl groups excluding tert-OH is 1. The fraction of sp³-hybridized carbons (Fsp3) is 0.273. The predicted octanol–water partition coefficient (Wildman–Crippen LogP) is 2.49. The number of amides is 1. The number of halogens is 1. The Bertz CT molecular complexity index is 1070. The summed E-state index contributed by atoms with van der Waals surface area (Å²) < 4.78 is 4.85. The Labute approximate surface area is 189 Å². The Morgan fingerprint density at radius 2 is 1.94 bits per heavy atom. The van der Waals surface area contributed by atoms with Crippen molar-refractivity contribution in [3.8, 4) is 11.1 Å². The molecule has 0 unspecified atom stereocenters. The molecular formula is C22H23ClN4O5. The number of ether oxygens (including phenoxy) is 1. The van der Waals surface area contributed by atoms with Gasteiger partial charge in [-0.25, -0.2) is 4.79 Å². The molecule has 32 heavy (non-hydrogen) atoms. The number of aromatic nitrogens is 3. The lowest BCUT2D eigenvalue weighted by Crippen LogP contribution is -2.41. The van der Waals surface area contributed by atoms with Crippen molar-refractivity contribution in [3.05, 3.63) is 71.0 Å². The van der Waals surface area contributed by atoms with Crippen LogP contribution in [-0.4, -0.2) is 56.1 Å². The molecular weight excluding hydrogens is 436 g/mol. The van der Waals surface area contributed by atoms with E-state index in [4.69, 9.17) is 16.3 Å². The summed E-state index contributed by atoms with van der Waals surface area (Å²) in [5.74, 6) is -1.36. The molecule has 1 heterocycles. The second kappa shape index (κ2) is 10.7. The highest BCUT2D eigenvalue weighted by Crippen LogP contribution is 2.23. The maximum atomic E-state index is 12.5. The lowest BCUT2D eigenvalue weighted by Gasteiger charge is -2.21. The molecule has 0 aliphatic rings. The van der Waals surface area contributed by atoms with Gasteiger partial charge in [-0.1, -0.05) is 52.8 Å². The number of nitrogens with zero attached hydrogens (tertiary/aromatic N) is 3. The summed E-state index contributed by atoms with van der Waals surface area (Å²) in [5, 5.41) is 29.7. The molecule has 0 saturated carbocycles. The molecule has 0 fully saturated rings. The van der Waals surface area contributed by atoms with Crippen molar-refractivity contribution in [2.75, 3.05) is 6.61 Å². The van der Waals surface area contributed by atoms with Crippen LogP contribution in [0.3, 0.4) is 0 Å². The molecule has 0 bridgehead atoms. The predicted molar refractivity (Wildman–Crippen MR) is 116 cm³/mol. The van der Waals surface area contributed by atoms with Crippen molar-refractivity contribution in [1.82, 2.24) is 20.5 Å². The van der Waals surface area contributed by atoms with Crippen LogP contribution < -0.4 is 5.32 Å². The highest BCUT2D eigenvalue weighted by molar-refractivity contribution is 6.30. The van der Waals surface area contributed by atoms with Gasteiger partial charge in [0.1, 0.15) is 0 Å². The summed E-state index contributed by atoms with van der Waals surface area (Å²) in [4.78, 5) is 24.7. The van der Waals surface area contributed by atoms with E-state index in [1.807, 2.05) is 42.5 Å². The molecule has 9 nitrogen and oxygen atoms in total. The van der Waals surface area contributed by atoms with Crippen LogP contribution >= 0.6 is 11.6 Å². The number of aliphatic hydroxyl groups is 1. The van der Waals surface area contributed by atoms with Crippen LogP contribution in [0.15, 0.2) is 54.7 Å². The van der Waals surface area contributed by atoms with Crippen molar-refractivity contribution < 1.29 is 24.6 Å². The highest BCUT2D eigenvalue weighted by atomic mass is 35.5. The molecule has 3 rings (SSSR count). The average molecular weight is 459 g/mol. The third-order valence-corrected chi connectivity index (χ3v) is 4.95. The summed E-state index contributed by atoms with van der Waals surface area (Å²) in [6, 6.07) is 14.5. The van der Waals surface area contributed by atoms with Crippen LogP contribution in [0.25, 0.3) is 11.1 Å². The zero-order chi connectivity index (χ0) is 23.1. The number of benzene rings is 2. The van der Waals surface area contributed by atoms with Crippen molar-refractivity contribution in [2.45, 2.75) is 31.9 Å². The lowest BCUT2D eigenvalue weighted by atomic mass is 9.97. The number of nitrogens with one attached hydrogen (secondary N) is 1. The van der Waals surface area contributed by atoms with Gasteiger partial charge in [0.15, 0.2) is 11.8 Å². The fourth-order valence-corrected chi connectivity index (χ4v) is 3.39. The SMILES string of the molecule is CCOC(=O)[C@H](O)C[C@@H](Cc1ccc(-c2cccc(Cl)c2)cc1)NC(=O)c1cn(O)nn1. The van der Waals surface area contributed by atoms with Crippen LogP contribution in [0.2, 0.25) is 5.02 Å². The van der Waals surface area contributed by atoms with Crippen molar-refractivity contribution in [1.29, 1.82) is 0 Å². The van der Waals surface area contributed by atoms with E-state index in [0.29, 0.717) is 16.3 Å². The minimum atomic E-state index is -1.40. The molecule has 1 aromatic heterocycles. The first-order valence-electron chi connectivity index (χ1n) is 9.97. The number of esters is 1. The molecule has 1 amide bonds. The third kappa shape index (κ3) is 6.29. The topological polar surface area (TPSA) is 127 Å². The third-order valence-electron chi connectivity index (χ3n) is 4.71. The Morgan fingerprint density at radius 1 is 1.19 bits per heavy atom. The van der Waals surface area contributed by atoms with Crippen LogP contribution in [-0.2, 0) is 16.0 Å². The van der Waals surface area contributed by atoms with Gasteiger partial charge in [-0.3, -0.25) is 4.79 Å². The zero-order valence-electron chi connectivity index (χ0n) is 17.3. The van der Waals surface area contributed by atoms with Crippen molar-refractivity contribution in [2.24, 2.45) is 0 Å². The number of carbonyl (C=O) groups excluding carboxylic acids is 2. The zero-order valence-corrected chi connectivity index (χ0v) is 18.1. The monoisotopic (exact) mass is 458 g/mol. The molecule has 0 spiro atoms. The van der Waals surface area contributed by atoms with E-state index < -0.39 is 24.0 Å². The van der Waals surface area contributed by atoms with Crippen LogP contribution in [0.4, 0.5) is 0 Å². The summed E-state index contributed by atoms with van der Waals surface area (Å²) >= 11 is 6.06. The lowest BCUT2D eigenvalue weighted by molar-refractivity contribution is -0.153. The minimum Gasteiger partial charge on any atom is -0.464 e. The molecule has 2 atom stereocenters. The van der Waals surface area contributed by atoms with E-state index in [0.717, 1.165) is 22.9 Å². The van der Waals surface area contributed by atoms with Crippen LogP contribution in [0.1, 0.15) is 29.4 Å². The van der Waals surface area contributed by atoms with E-state index >= 15 is 0 Å². The van der Waals surface area contributed by atoms with Gasteiger partial charge in [0.05, 0.1) is 12.8 Å². The molecule has 0 saturated heterocycles. The largest absolute Gasteiger partial charge is 0.464 e. The fourth-order valence-electron chi connectivity index (χ4n) is 3.20. The molecule has 3 N–H and O–H groups in total. The minimum absolute atomic E-state index is 0.0616. The standard InChI is InChI=1S/C22H23ClN4O5/c1-2-32-22(30)20(28)12-18(24-21(29)19-13-27(31)26-25-19)10-14-6-8-15(9-7-14)16-4-3-5-17(23)11-16/h3-9,11,13,18,20,28,31H,2,10,12H2,1H3,(H,24,29)/t18-,20-/m1/s1. The molecule has 0 radical (unpaired) electrons. The van der Waals surface area contributed by atoms with Crippen LogP contribution in [0, 0.1) is 0 Å². The summed E-state index contributed by atoms with van der Waals surface area (Å²) in [6.45, 7) is 1.78. The maximum absolute atomic E-state index is 12.5. The first-order valence-corrected chi connectivity index (χ1v) is 10.4. The Kier molecular flexibility index (Phi) is 7.80. The summed E-state index contributed by atoms with van der Waals surface area (Å²) in [5.41, 5.74) is 2.73. The van der Waals surface area contributed by atoms with Gasteiger partial charge in [-0.2, -0.15) is 0 Å². The Hall–Kier alpha value is -3.43. The highest BCUT2D eigenvalue weighted by Gasteiger charge is 2.24. The van der Waals surface area contributed by atoms with Gasteiger partial charge < -0.3 is 20.4 Å². The molecule has 168 valence electrons. The summed E-state index contributed by atoms with van der Waals surface area (Å²) in [7, 11) is 0. The van der Waals surface area contributed by atoms with E-state index in [-0.39, 0.29) is 18.7 Å². The average Bonchev–Trinajstić information content (AvgIpc) is 3.21. The van der Waals surface area contributed by atoms with Crippen molar-refractivity contribution >= 4 is 23.5 Å². The number of rotatable bonds is 9. The maximum Gasteiger partial charge on any atom is 0.335 e. The smallest absolute Gasteiger partial charge is 0.335 e. The first kappa shape index (κ1) is 23.2. The van der Waals surface area contributed by atoms with Gasteiger partial charge in [-0.15, -0.1) is 5.10 Å². The second-order valence-electron chi connectivity index (χ2n) is 7.11. The second-order valence-corrected chi connectivity index (χ2v) is 7.55. The van der Waals surface area contributed by atoms with E-state index in [2.05, 4.69) is 15.6 Å². The van der Waals surface area contributed by atoms with Crippen molar-refractivity contribution in [3.63, 3.8) is 0 Å². The Balaban J connectivity index is 1.74. The van der Waals surface area contributed by atoms with E-state index in [1.54, 1.807) is 13.0 Å². The Morgan fingerprint density at radius 3 is 2.56 bits per heavy atom. The quantitative estimate of drug-likeness (QED) is 0.332. The molecule has 2 aromatic carbocycles. The number of carbonyl (C=O) groups is 2. The van der Waals surface area contributed by atoms with Gasteiger partial charge in [0.2, 0.25) is 0 Å². The first-order chi connectivity index (χ1) is 15.4. The normalized spacial score (nSPS) is 12.7. The molecule has 0 aliphatic heterocycles. The van der Waals surface area contributed by atoms with E-state index in [9.17, 15) is 19.9 Å². The molecule has 3 aromatic rings. The van der Waals surface area contributed by atoms with Crippen LogP contribution in [0.5, 0.6) is 0 Å². The van der Waals surface area contributed by atoms with Gasteiger partial charge >= 0.3 is 5.97 Å². The summed E-state index contributed by atoms with van der Waals surface area (Å²) in [6.07, 6.45) is -0.0767. The molecule has 0 aliphatic carbocycles. The number of hydrogen-bond acceptors (Lipinski definition) is 7. The van der Waals surface area contributed by atoms with Gasteiger partial charge in [-0.05, 0) is 47.4 Å². The molecule has 10 heteroatoms. The van der Waals surface area contributed by atoms with Gasteiger partial charge in [0, 0.05) is 17.5 Å². The number of hydrogen-bond donors (Lipinski definition) is 3. The van der Waals surface area contributed by atoms with E-state index in [1.165, 1.54) is 0 Å².